The standard InChI is InChI=1S/C18H22FN3O3S/c19-15-3-1-2-14(12-15)18-13-21-8-9-22(18)10-11-25-16-4-6-17(7-5-16)26(20,23)24/h1-7,12,18,21H,8-11,13H2,(H2,20,23,24). The summed E-state index contributed by atoms with van der Waals surface area (Å²) in [5.41, 5.74) is 0.940. The maximum absolute atomic E-state index is 13.5. The number of piperazine rings is 1. The predicted octanol–water partition coefficient (Wildman–Crippen LogP) is 1.50. The van der Waals surface area contributed by atoms with Crippen LogP contribution in [0.4, 0.5) is 4.39 Å². The van der Waals surface area contributed by atoms with Gasteiger partial charge in [0.2, 0.25) is 10.0 Å². The fourth-order valence-corrected chi connectivity index (χ4v) is 3.58. The van der Waals surface area contributed by atoms with Gasteiger partial charge in [-0.2, -0.15) is 0 Å². The van der Waals surface area contributed by atoms with Gasteiger partial charge < -0.3 is 10.1 Å². The topological polar surface area (TPSA) is 84.7 Å². The molecule has 0 amide bonds. The second-order valence-corrected chi connectivity index (χ2v) is 7.74. The van der Waals surface area contributed by atoms with Crippen LogP contribution in [0.3, 0.4) is 0 Å². The summed E-state index contributed by atoms with van der Waals surface area (Å²) in [6, 6.07) is 12.8. The molecule has 8 heteroatoms. The molecule has 1 aliphatic rings. The molecule has 0 saturated carbocycles. The quantitative estimate of drug-likeness (QED) is 0.795. The molecule has 0 aromatic heterocycles. The molecule has 1 unspecified atom stereocenters. The number of primary sulfonamides is 1. The lowest BCUT2D eigenvalue weighted by Crippen LogP contribution is -2.47. The molecule has 2 aromatic rings. The number of nitrogens with one attached hydrogen (secondary N) is 1. The van der Waals surface area contributed by atoms with Gasteiger partial charge in [-0.1, -0.05) is 12.1 Å². The third-order valence-electron chi connectivity index (χ3n) is 4.39. The van der Waals surface area contributed by atoms with E-state index in [4.69, 9.17) is 9.88 Å². The maximum atomic E-state index is 13.5. The van der Waals surface area contributed by atoms with Gasteiger partial charge in [0.05, 0.1) is 4.90 Å². The third kappa shape index (κ3) is 4.79. The first-order valence-corrected chi connectivity index (χ1v) is 9.94. The number of sulfonamides is 1. The van der Waals surface area contributed by atoms with Crippen molar-refractivity contribution in [3.63, 3.8) is 0 Å². The third-order valence-corrected chi connectivity index (χ3v) is 5.32. The minimum absolute atomic E-state index is 0.0538. The van der Waals surface area contributed by atoms with Crippen LogP contribution in [0.25, 0.3) is 0 Å². The van der Waals surface area contributed by atoms with Gasteiger partial charge in [0.15, 0.2) is 0 Å². The van der Waals surface area contributed by atoms with Crippen molar-refractivity contribution in [2.75, 3.05) is 32.8 Å². The summed E-state index contributed by atoms with van der Waals surface area (Å²) in [5.74, 6) is 0.342. The molecule has 26 heavy (non-hydrogen) atoms. The van der Waals surface area contributed by atoms with Crippen LogP contribution < -0.4 is 15.2 Å². The number of rotatable bonds is 6. The average Bonchev–Trinajstić information content (AvgIpc) is 2.62. The highest BCUT2D eigenvalue weighted by Crippen LogP contribution is 2.23. The van der Waals surface area contributed by atoms with E-state index in [1.54, 1.807) is 24.3 Å². The summed E-state index contributed by atoms with van der Waals surface area (Å²) in [6.07, 6.45) is 0. The van der Waals surface area contributed by atoms with Crippen molar-refractivity contribution in [3.05, 3.63) is 59.9 Å². The van der Waals surface area contributed by atoms with Gasteiger partial charge in [0.25, 0.3) is 0 Å². The fourth-order valence-electron chi connectivity index (χ4n) is 3.06. The lowest BCUT2D eigenvalue weighted by atomic mass is 10.0. The van der Waals surface area contributed by atoms with E-state index in [0.29, 0.717) is 18.9 Å². The molecule has 1 atom stereocenters. The van der Waals surface area contributed by atoms with E-state index in [0.717, 1.165) is 25.2 Å². The molecule has 2 aromatic carbocycles. The van der Waals surface area contributed by atoms with E-state index in [-0.39, 0.29) is 16.8 Å². The Bertz CT molecular complexity index is 843. The SMILES string of the molecule is NS(=O)(=O)c1ccc(OCCN2CCNCC2c2cccc(F)c2)cc1. The highest BCUT2D eigenvalue weighted by Gasteiger charge is 2.23. The molecular weight excluding hydrogens is 357 g/mol. The van der Waals surface area contributed by atoms with Crippen molar-refractivity contribution < 1.29 is 17.5 Å². The predicted molar refractivity (Wildman–Crippen MR) is 96.9 cm³/mol. The smallest absolute Gasteiger partial charge is 0.238 e. The van der Waals surface area contributed by atoms with Crippen molar-refractivity contribution in [2.45, 2.75) is 10.9 Å². The van der Waals surface area contributed by atoms with E-state index in [1.807, 2.05) is 6.07 Å². The first-order valence-electron chi connectivity index (χ1n) is 8.39. The second-order valence-electron chi connectivity index (χ2n) is 6.18. The van der Waals surface area contributed by atoms with Gasteiger partial charge in [-0.3, -0.25) is 4.90 Å². The van der Waals surface area contributed by atoms with E-state index >= 15 is 0 Å². The zero-order chi connectivity index (χ0) is 18.6. The van der Waals surface area contributed by atoms with Gasteiger partial charge in [-0.05, 0) is 42.0 Å². The molecule has 3 rings (SSSR count). The van der Waals surface area contributed by atoms with Gasteiger partial charge in [-0.15, -0.1) is 0 Å². The summed E-state index contributed by atoms with van der Waals surface area (Å²) >= 11 is 0. The summed E-state index contributed by atoms with van der Waals surface area (Å²) in [5, 5.41) is 8.42. The molecule has 0 bridgehead atoms. The first kappa shape index (κ1) is 18.8. The van der Waals surface area contributed by atoms with Crippen LogP contribution in [0, 0.1) is 5.82 Å². The molecule has 0 radical (unpaired) electrons. The van der Waals surface area contributed by atoms with E-state index in [9.17, 15) is 12.8 Å². The van der Waals surface area contributed by atoms with Crippen LogP contribution in [0.5, 0.6) is 5.75 Å². The number of benzene rings is 2. The van der Waals surface area contributed by atoms with E-state index in [2.05, 4.69) is 10.2 Å². The van der Waals surface area contributed by atoms with E-state index < -0.39 is 10.0 Å². The Morgan fingerprint density at radius 3 is 2.69 bits per heavy atom. The molecular formula is C18H22FN3O3S. The van der Waals surface area contributed by atoms with Crippen LogP contribution in [-0.2, 0) is 10.0 Å². The highest BCUT2D eigenvalue weighted by atomic mass is 32.2. The Kier molecular flexibility index (Phi) is 5.87. The monoisotopic (exact) mass is 379 g/mol. The summed E-state index contributed by atoms with van der Waals surface area (Å²) in [7, 11) is -3.70. The molecule has 1 aliphatic heterocycles. The Morgan fingerprint density at radius 2 is 2.00 bits per heavy atom. The van der Waals surface area contributed by atoms with Gasteiger partial charge in [0.1, 0.15) is 18.2 Å². The van der Waals surface area contributed by atoms with Crippen LogP contribution in [-0.4, -0.2) is 46.1 Å². The Morgan fingerprint density at radius 1 is 1.23 bits per heavy atom. The van der Waals surface area contributed by atoms with E-state index in [1.165, 1.54) is 18.2 Å². The molecule has 0 spiro atoms. The molecule has 6 nitrogen and oxygen atoms in total. The Balaban J connectivity index is 1.59. The fraction of sp³-hybridized carbons (Fsp3) is 0.333. The van der Waals surface area contributed by atoms with Crippen LogP contribution in [0.1, 0.15) is 11.6 Å². The molecule has 1 saturated heterocycles. The zero-order valence-corrected chi connectivity index (χ0v) is 15.1. The average molecular weight is 379 g/mol. The molecule has 0 aliphatic carbocycles. The summed E-state index contributed by atoms with van der Waals surface area (Å²) in [6.45, 7) is 3.59. The lowest BCUT2D eigenvalue weighted by molar-refractivity contribution is 0.134. The van der Waals surface area contributed by atoms with Gasteiger partial charge in [-0.25, -0.2) is 17.9 Å². The van der Waals surface area contributed by atoms with Crippen LogP contribution in [0.15, 0.2) is 53.4 Å². The summed E-state index contributed by atoms with van der Waals surface area (Å²) in [4.78, 5) is 2.31. The summed E-state index contributed by atoms with van der Waals surface area (Å²) < 4.78 is 41.8. The van der Waals surface area contributed by atoms with Crippen molar-refractivity contribution in [1.82, 2.24) is 10.2 Å². The zero-order valence-electron chi connectivity index (χ0n) is 14.3. The molecule has 140 valence electrons. The normalized spacial score (nSPS) is 18.6. The van der Waals surface area contributed by atoms with Gasteiger partial charge in [0, 0.05) is 32.2 Å². The number of ether oxygens (including phenoxy) is 1. The van der Waals surface area contributed by atoms with Crippen molar-refractivity contribution in [2.24, 2.45) is 5.14 Å². The van der Waals surface area contributed by atoms with Crippen molar-refractivity contribution >= 4 is 10.0 Å². The second kappa shape index (κ2) is 8.13. The van der Waals surface area contributed by atoms with Crippen molar-refractivity contribution in [1.29, 1.82) is 0 Å². The number of nitrogens with two attached hydrogens (primary N) is 1. The molecule has 1 fully saturated rings. The number of hydrogen-bond acceptors (Lipinski definition) is 5. The lowest BCUT2D eigenvalue weighted by Gasteiger charge is -2.36. The van der Waals surface area contributed by atoms with Gasteiger partial charge >= 0.3 is 0 Å². The first-order chi connectivity index (χ1) is 12.4. The van der Waals surface area contributed by atoms with Crippen LogP contribution in [0.2, 0.25) is 0 Å². The maximum Gasteiger partial charge on any atom is 0.238 e. The Hall–Kier alpha value is -2.00. The highest BCUT2D eigenvalue weighted by molar-refractivity contribution is 7.89. The number of halogens is 1. The number of nitrogens with zero attached hydrogens (tertiary/aromatic N) is 1. The molecule has 3 N–H and O–H groups in total. The number of hydrogen-bond donors (Lipinski definition) is 2. The van der Waals surface area contributed by atoms with Crippen LogP contribution >= 0.6 is 0 Å². The minimum Gasteiger partial charge on any atom is -0.492 e. The van der Waals surface area contributed by atoms with Crippen molar-refractivity contribution in [3.8, 4) is 5.75 Å². The largest absolute Gasteiger partial charge is 0.492 e. The minimum atomic E-state index is -3.70. The molecule has 1 heterocycles. The Labute approximate surface area is 152 Å².